The molecule has 0 aromatic carbocycles. The van der Waals surface area contributed by atoms with E-state index in [0.717, 1.165) is 19.3 Å². The molecule has 0 heterocycles. The third-order valence-corrected chi connectivity index (χ3v) is 10.2. The second-order valence-electron chi connectivity index (χ2n) is 8.16. The van der Waals surface area contributed by atoms with E-state index in [1.54, 1.807) is 0 Å². The van der Waals surface area contributed by atoms with Gasteiger partial charge in [0.05, 0.1) is 0 Å². The molecule has 0 saturated heterocycles. The third kappa shape index (κ3) is 2.82. The highest BCUT2D eigenvalue weighted by Gasteiger charge is 2.48. The zero-order valence-corrected chi connectivity index (χ0v) is 14.5. The lowest BCUT2D eigenvalue weighted by Crippen LogP contribution is -2.47. The van der Waals surface area contributed by atoms with Gasteiger partial charge >= 0.3 is 0 Å². The second kappa shape index (κ2) is 4.99. The van der Waals surface area contributed by atoms with Crippen molar-refractivity contribution >= 4 is 14.1 Å². The molecule has 2 saturated carbocycles. The molecule has 2 aliphatic carbocycles. The summed E-state index contributed by atoms with van der Waals surface area (Å²) in [6.45, 7) is 13.6. The molecule has 4 unspecified atom stereocenters. The summed E-state index contributed by atoms with van der Waals surface area (Å²) in [5.41, 5.74) is 0. The molecule has 0 aromatic rings. The molecule has 0 aliphatic heterocycles. The lowest BCUT2D eigenvalue weighted by Gasteiger charge is -2.43. The summed E-state index contributed by atoms with van der Waals surface area (Å²) in [5.74, 6) is 1.58. The average molecular weight is 282 g/mol. The van der Waals surface area contributed by atoms with E-state index < -0.39 is 8.32 Å². The van der Waals surface area contributed by atoms with Gasteiger partial charge in [-0.1, -0.05) is 34.1 Å². The maximum atomic E-state index is 12.2. The van der Waals surface area contributed by atoms with E-state index in [-0.39, 0.29) is 11.0 Å². The molecule has 3 heteroatoms. The van der Waals surface area contributed by atoms with Crippen LogP contribution in [-0.2, 0) is 9.22 Å². The Kier molecular flexibility index (Phi) is 4.01. The van der Waals surface area contributed by atoms with Gasteiger partial charge in [-0.25, -0.2) is 0 Å². The van der Waals surface area contributed by atoms with Crippen molar-refractivity contribution in [3.63, 3.8) is 0 Å². The van der Waals surface area contributed by atoms with Gasteiger partial charge in [0, 0.05) is 17.9 Å². The van der Waals surface area contributed by atoms with Crippen molar-refractivity contribution in [1.82, 2.24) is 0 Å². The quantitative estimate of drug-likeness (QED) is 0.702. The maximum absolute atomic E-state index is 12.2. The first kappa shape index (κ1) is 15.2. The largest absolute Gasteiger partial charge is 0.414 e. The zero-order chi connectivity index (χ0) is 14.4. The van der Waals surface area contributed by atoms with Gasteiger partial charge in [0.15, 0.2) is 8.32 Å². The van der Waals surface area contributed by atoms with Crippen LogP contribution in [-0.4, -0.2) is 20.2 Å². The minimum Gasteiger partial charge on any atom is -0.414 e. The van der Waals surface area contributed by atoms with Crippen LogP contribution in [0.3, 0.4) is 0 Å². The van der Waals surface area contributed by atoms with Crippen molar-refractivity contribution in [3.8, 4) is 0 Å². The molecule has 0 bridgehead atoms. The third-order valence-electron chi connectivity index (χ3n) is 5.73. The highest BCUT2D eigenvalue weighted by molar-refractivity contribution is 6.74. The topological polar surface area (TPSA) is 26.3 Å². The molecule has 0 amide bonds. The van der Waals surface area contributed by atoms with Gasteiger partial charge in [0.25, 0.3) is 0 Å². The van der Waals surface area contributed by atoms with E-state index in [9.17, 15) is 4.79 Å². The van der Waals surface area contributed by atoms with E-state index in [0.29, 0.717) is 23.7 Å². The Bertz CT molecular complexity index is 356. The molecule has 2 aliphatic rings. The minimum atomic E-state index is -1.71. The number of rotatable bonds is 2. The van der Waals surface area contributed by atoms with E-state index in [2.05, 4.69) is 40.8 Å². The number of hydrogen-bond acceptors (Lipinski definition) is 2. The summed E-state index contributed by atoms with van der Waals surface area (Å²) in [7, 11) is -1.71. The van der Waals surface area contributed by atoms with Crippen LogP contribution in [0.5, 0.6) is 0 Å². The van der Waals surface area contributed by atoms with Gasteiger partial charge in [0.1, 0.15) is 5.78 Å². The fourth-order valence-corrected chi connectivity index (χ4v) is 4.89. The van der Waals surface area contributed by atoms with E-state index >= 15 is 0 Å². The Balaban J connectivity index is 2.11. The summed E-state index contributed by atoms with van der Waals surface area (Å²) in [4.78, 5) is 12.2. The molecule has 0 spiro atoms. The number of carbonyl (C=O) groups excluding carboxylic acids is 1. The highest BCUT2D eigenvalue weighted by atomic mass is 28.4. The van der Waals surface area contributed by atoms with Crippen LogP contribution in [0.4, 0.5) is 0 Å². The summed E-state index contributed by atoms with van der Waals surface area (Å²) in [6, 6.07) is 0. The summed E-state index contributed by atoms with van der Waals surface area (Å²) < 4.78 is 6.64. The van der Waals surface area contributed by atoms with Crippen molar-refractivity contribution in [2.24, 2.45) is 17.8 Å². The fraction of sp³-hybridized carbons (Fsp3) is 0.938. The predicted octanol–water partition coefficient (Wildman–Crippen LogP) is 4.40. The Hall–Kier alpha value is -0.153. The molecule has 2 rings (SSSR count). The van der Waals surface area contributed by atoms with Gasteiger partial charge in [0.2, 0.25) is 0 Å². The average Bonchev–Trinajstić information content (AvgIpc) is 2.55. The van der Waals surface area contributed by atoms with Gasteiger partial charge in [-0.05, 0) is 43.3 Å². The van der Waals surface area contributed by atoms with E-state index in [1.165, 1.54) is 6.42 Å². The Morgan fingerprint density at radius 3 is 2.42 bits per heavy atom. The monoisotopic (exact) mass is 282 g/mol. The fourth-order valence-electron chi connectivity index (χ4n) is 3.49. The number of ketones is 1. The van der Waals surface area contributed by atoms with Gasteiger partial charge in [-0.2, -0.15) is 0 Å². The van der Waals surface area contributed by atoms with Crippen molar-refractivity contribution in [2.75, 3.05) is 0 Å². The van der Waals surface area contributed by atoms with Crippen molar-refractivity contribution in [2.45, 2.75) is 77.6 Å². The predicted molar refractivity (Wildman–Crippen MR) is 81.7 cm³/mol. The molecular formula is C16H30O2Si. The highest BCUT2D eigenvalue weighted by Crippen LogP contribution is 2.47. The number of fused-ring (bicyclic) bond motifs is 1. The van der Waals surface area contributed by atoms with Crippen molar-refractivity contribution in [1.29, 1.82) is 0 Å². The number of carbonyl (C=O) groups is 1. The number of Topliss-reactive ketones (excluding diaryl/α,β-unsaturated/α-hetero) is 1. The molecule has 0 radical (unpaired) electrons. The molecular weight excluding hydrogens is 252 g/mol. The van der Waals surface area contributed by atoms with E-state index in [1.807, 2.05) is 0 Å². The van der Waals surface area contributed by atoms with Crippen LogP contribution < -0.4 is 0 Å². The van der Waals surface area contributed by atoms with Crippen LogP contribution in [0.15, 0.2) is 0 Å². The molecule has 0 N–H and O–H groups in total. The Morgan fingerprint density at radius 1 is 1.21 bits per heavy atom. The number of hydrogen-bond donors (Lipinski definition) is 0. The van der Waals surface area contributed by atoms with Crippen LogP contribution >= 0.6 is 0 Å². The van der Waals surface area contributed by atoms with Crippen molar-refractivity contribution in [3.05, 3.63) is 0 Å². The van der Waals surface area contributed by atoms with Crippen LogP contribution in [0.2, 0.25) is 18.1 Å². The SMILES string of the molecule is CC1CC2C(O[Si](C)(C)C(C)(C)C)CCCC2C1=O. The first-order chi connectivity index (χ1) is 8.63. The first-order valence-corrected chi connectivity index (χ1v) is 10.8. The zero-order valence-electron chi connectivity index (χ0n) is 13.5. The summed E-state index contributed by atoms with van der Waals surface area (Å²) in [6.07, 6.45) is 4.83. The van der Waals surface area contributed by atoms with Gasteiger partial charge in [-0.3, -0.25) is 4.79 Å². The molecule has 2 fully saturated rings. The van der Waals surface area contributed by atoms with Crippen LogP contribution in [0.1, 0.15) is 53.4 Å². The molecule has 19 heavy (non-hydrogen) atoms. The van der Waals surface area contributed by atoms with Crippen LogP contribution in [0.25, 0.3) is 0 Å². The second-order valence-corrected chi connectivity index (χ2v) is 12.9. The Morgan fingerprint density at radius 2 is 1.84 bits per heavy atom. The summed E-state index contributed by atoms with van der Waals surface area (Å²) >= 11 is 0. The van der Waals surface area contributed by atoms with Crippen LogP contribution in [0, 0.1) is 17.8 Å². The van der Waals surface area contributed by atoms with Crippen molar-refractivity contribution < 1.29 is 9.22 Å². The smallest absolute Gasteiger partial charge is 0.192 e. The first-order valence-electron chi connectivity index (χ1n) is 7.85. The van der Waals surface area contributed by atoms with Gasteiger partial charge < -0.3 is 4.43 Å². The van der Waals surface area contributed by atoms with Gasteiger partial charge in [-0.15, -0.1) is 0 Å². The minimum absolute atomic E-state index is 0.258. The Labute approximate surface area is 119 Å². The molecule has 110 valence electrons. The summed E-state index contributed by atoms with van der Waals surface area (Å²) in [5, 5.41) is 0.258. The molecule has 2 nitrogen and oxygen atoms in total. The normalized spacial score (nSPS) is 36.4. The lowest BCUT2D eigenvalue weighted by atomic mass is 9.79. The molecule has 4 atom stereocenters. The molecule has 0 aromatic heterocycles. The van der Waals surface area contributed by atoms with E-state index in [4.69, 9.17) is 4.43 Å². The lowest BCUT2D eigenvalue weighted by molar-refractivity contribution is -0.125. The standard InChI is InChI=1S/C16H30O2Si/c1-11-10-13-12(15(11)17)8-7-9-14(13)18-19(5,6)16(2,3)4/h11-14H,7-10H2,1-6H3. The maximum Gasteiger partial charge on any atom is 0.192 e.